The van der Waals surface area contributed by atoms with Crippen LogP contribution in [0.2, 0.25) is 0 Å². The van der Waals surface area contributed by atoms with Crippen LogP contribution in [0.4, 0.5) is 13.2 Å². The van der Waals surface area contributed by atoms with Crippen molar-refractivity contribution in [1.82, 2.24) is 14.8 Å². The zero-order valence-electron chi connectivity index (χ0n) is 17.3. The molecule has 7 nitrogen and oxygen atoms in total. The molecule has 0 unspecified atom stereocenters. The predicted octanol–water partition coefficient (Wildman–Crippen LogP) is 3.28. The van der Waals surface area contributed by atoms with E-state index in [2.05, 4.69) is 16.0 Å². The first kappa shape index (κ1) is 24.1. The number of carboxylic acids is 1. The van der Waals surface area contributed by atoms with Gasteiger partial charge in [-0.1, -0.05) is 6.07 Å². The molecule has 0 aliphatic carbocycles. The van der Waals surface area contributed by atoms with Crippen molar-refractivity contribution in [3.8, 4) is 0 Å². The topological polar surface area (TPSA) is 83.0 Å². The van der Waals surface area contributed by atoms with Gasteiger partial charge < -0.3 is 14.7 Å². The third kappa shape index (κ3) is 6.50. The molecule has 4 heterocycles. The second kappa shape index (κ2) is 10.4. The van der Waals surface area contributed by atoms with Crippen molar-refractivity contribution in [2.24, 2.45) is 0 Å². The Kier molecular flexibility index (Phi) is 7.86. The van der Waals surface area contributed by atoms with Gasteiger partial charge in [-0.2, -0.15) is 24.5 Å². The summed E-state index contributed by atoms with van der Waals surface area (Å²) in [5.74, 6) is -2.62. The number of alkyl halides is 3. The van der Waals surface area contributed by atoms with E-state index in [-0.39, 0.29) is 11.5 Å². The standard InChI is InChI=1S/C19H23N3O2S.C2HF3O2/c23-18(17-3-11-25-14-17)22-9-10-24-19(15-22)4-7-21(8-5-19)13-16-2-1-6-20-12-16;3-2(4,5)1(6)7/h1-3,6,11-12,14H,4-5,7-10,13,15H2;(H,6,7). The summed E-state index contributed by atoms with van der Waals surface area (Å²) in [6.07, 6.45) is 0.605. The normalized spacial score (nSPS) is 18.7. The number of hydrogen-bond acceptors (Lipinski definition) is 6. The fraction of sp³-hybridized carbons (Fsp3) is 0.476. The number of halogens is 3. The maximum Gasteiger partial charge on any atom is 0.490 e. The summed E-state index contributed by atoms with van der Waals surface area (Å²) in [6, 6.07) is 6.01. The quantitative estimate of drug-likeness (QED) is 0.740. The molecule has 2 aliphatic heterocycles. The van der Waals surface area contributed by atoms with E-state index in [1.807, 2.05) is 40.2 Å². The summed E-state index contributed by atoms with van der Waals surface area (Å²) < 4.78 is 37.9. The lowest BCUT2D eigenvalue weighted by molar-refractivity contribution is -0.192. The van der Waals surface area contributed by atoms with E-state index in [0.29, 0.717) is 19.7 Å². The molecule has 2 saturated heterocycles. The number of piperidine rings is 1. The van der Waals surface area contributed by atoms with Gasteiger partial charge in [0.05, 0.1) is 24.3 Å². The SMILES string of the molecule is O=C(O)C(F)(F)F.O=C(c1ccsc1)N1CCOC2(CCN(Cc3cccnc3)CC2)C1. The van der Waals surface area contributed by atoms with E-state index < -0.39 is 12.1 Å². The first-order chi connectivity index (χ1) is 15.2. The monoisotopic (exact) mass is 471 g/mol. The zero-order chi connectivity index (χ0) is 23.2. The van der Waals surface area contributed by atoms with Gasteiger partial charge in [0, 0.05) is 44.0 Å². The largest absolute Gasteiger partial charge is 0.490 e. The Hall–Kier alpha value is -2.50. The second-order valence-electron chi connectivity index (χ2n) is 7.71. The Morgan fingerprint density at radius 3 is 2.50 bits per heavy atom. The minimum Gasteiger partial charge on any atom is -0.475 e. The number of ether oxygens (including phenoxy) is 1. The molecule has 2 fully saturated rings. The summed E-state index contributed by atoms with van der Waals surface area (Å²) in [5.41, 5.74) is 1.88. The molecule has 32 heavy (non-hydrogen) atoms. The Morgan fingerprint density at radius 1 is 1.22 bits per heavy atom. The smallest absolute Gasteiger partial charge is 0.475 e. The van der Waals surface area contributed by atoms with Gasteiger partial charge in [0.2, 0.25) is 0 Å². The van der Waals surface area contributed by atoms with E-state index in [9.17, 15) is 18.0 Å². The van der Waals surface area contributed by atoms with Crippen molar-refractivity contribution >= 4 is 23.2 Å². The summed E-state index contributed by atoms with van der Waals surface area (Å²) in [7, 11) is 0. The van der Waals surface area contributed by atoms with Crippen LogP contribution in [0.3, 0.4) is 0 Å². The number of thiophene rings is 1. The molecule has 2 aliphatic rings. The highest BCUT2D eigenvalue weighted by molar-refractivity contribution is 7.08. The number of aliphatic carboxylic acids is 1. The van der Waals surface area contributed by atoms with Gasteiger partial charge in [0.1, 0.15) is 0 Å². The number of likely N-dealkylation sites (tertiary alicyclic amines) is 1. The number of nitrogens with zero attached hydrogens (tertiary/aromatic N) is 3. The van der Waals surface area contributed by atoms with Crippen LogP contribution >= 0.6 is 11.3 Å². The number of carbonyl (C=O) groups excluding carboxylic acids is 1. The summed E-state index contributed by atoms with van der Waals surface area (Å²) >= 11 is 1.57. The predicted molar refractivity (Wildman–Crippen MR) is 111 cm³/mol. The van der Waals surface area contributed by atoms with Crippen LogP contribution in [0.5, 0.6) is 0 Å². The number of hydrogen-bond donors (Lipinski definition) is 1. The molecule has 2 aromatic heterocycles. The Morgan fingerprint density at radius 2 is 1.94 bits per heavy atom. The number of carboxylic acid groups (broad SMARTS) is 1. The third-order valence-electron chi connectivity index (χ3n) is 5.44. The minimum atomic E-state index is -5.08. The van der Waals surface area contributed by atoms with Crippen molar-refractivity contribution < 1.29 is 32.6 Å². The Balaban J connectivity index is 0.000000360. The fourth-order valence-corrected chi connectivity index (χ4v) is 4.39. The van der Waals surface area contributed by atoms with Gasteiger partial charge in [-0.25, -0.2) is 4.79 Å². The lowest BCUT2D eigenvalue weighted by Gasteiger charge is -2.47. The van der Waals surface area contributed by atoms with Crippen molar-refractivity contribution in [3.63, 3.8) is 0 Å². The van der Waals surface area contributed by atoms with Crippen LogP contribution in [0, 0.1) is 0 Å². The molecule has 174 valence electrons. The summed E-state index contributed by atoms with van der Waals surface area (Å²) in [4.78, 5) is 30.2. The van der Waals surface area contributed by atoms with Crippen LogP contribution in [-0.2, 0) is 16.1 Å². The van der Waals surface area contributed by atoms with E-state index in [0.717, 1.165) is 38.0 Å². The van der Waals surface area contributed by atoms with Gasteiger partial charge in [-0.05, 0) is 35.9 Å². The van der Waals surface area contributed by atoms with Gasteiger partial charge in [-0.15, -0.1) is 0 Å². The van der Waals surface area contributed by atoms with Crippen LogP contribution in [0.1, 0.15) is 28.8 Å². The van der Waals surface area contributed by atoms with Crippen molar-refractivity contribution in [2.45, 2.75) is 31.2 Å². The van der Waals surface area contributed by atoms with Gasteiger partial charge in [-0.3, -0.25) is 14.7 Å². The van der Waals surface area contributed by atoms with E-state index >= 15 is 0 Å². The van der Waals surface area contributed by atoms with Crippen molar-refractivity contribution in [2.75, 3.05) is 32.8 Å². The second-order valence-corrected chi connectivity index (χ2v) is 8.49. The van der Waals surface area contributed by atoms with Crippen molar-refractivity contribution in [1.29, 1.82) is 0 Å². The molecular formula is C21H24F3N3O4S. The maximum atomic E-state index is 12.7. The lowest BCUT2D eigenvalue weighted by Crippen LogP contribution is -2.57. The van der Waals surface area contributed by atoms with Gasteiger partial charge >= 0.3 is 12.1 Å². The van der Waals surface area contributed by atoms with Crippen LogP contribution < -0.4 is 0 Å². The lowest BCUT2D eigenvalue weighted by atomic mass is 9.89. The van der Waals surface area contributed by atoms with E-state index in [1.165, 1.54) is 5.56 Å². The average molecular weight is 472 g/mol. The minimum absolute atomic E-state index is 0.140. The van der Waals surface area contributed by atoms with Gasteiger partial charge in [0.15, 0.2) is 0 Å². The third-order valence-corrected chi connectivity index (χ3v) is 6.13. The molecule has 0 bridgehead atoms. The molecule has 2 aromatic rings. The average Bonchev–Trinajstić information content (AvgIpc) is 3.31. The highest BCUT2D eigenvalue weighted by Crippen LogP contribution is 2.31. The molecule has 0 saturated carbocycles. The molecule has 1 spiro atoms. The number of pyridine rings is 1. The van der Waals surface area contributed by atoms with Crippen LogP contribution in [0.25, 0.3) is 0 Å². The van der Waals surface area contributed by atoms with Crippen molar-refractivity contribution in [3.05, 3.63) is 52.5 Å². The number of carbonyl (C=O) groups is 2. The summed E-state index contributed by atoms with van der Waals surface area (Å²) in [5, 5.41) is 11.0. The Labute approximate surface area is 187 Å². The first-order valence-corrected chi connectivity index (χ1v) is 11.0. The molecular weight excluding hydrogens is 447 g/mol. The van der Waals surface area contributed by atoms with E-state index in [1.54, 1.807) is 11.3 Å². The van der Waals surface area contributed by atoms with E-state index in [4.69, 9.17) is 14.6 Å². The van der Waals surface area contributed by atoms with Crippen LogP contribution in [-0.4, -0.2) is 76.3 Å². The zero-order valence-corrected chi connectivity index (χ0v) is 18.1. The Bertz CT molecular complexity index is 885. The highest BCUT2D eigenvalue weighted by Gasteiger charge is 2.41. The number of morpholine rings is 1. The molecule has 0 aromatic carbocycles. The number of aromatic nitrogens is 1. The molecule has 11 heteroatoms. The number of rotatable bonds is 3. The summed E-state index contributed by atoms with van der Waals surface area (Å²) in [6.45, 7) is 4.96. The molecule has 1 N–H and O–H groups in total. The highest BCUT2D eigenvalue weighted by atomic mass is 32.1. The number of amides is 1. The van der Waals surface area contributed by atoms with Gasteiger partial charge in [0.25, 0.3) is 5.91 Å². The molecule has 1 amide bonds. The molecule has 0 radical (unpaired) electrons. The molecule has 4 rings (SSSR count). The fourth-order valence-electron chi connectivity index (χ4n) is 3.76. The maximum absolute atomic E-state index is 12.7. The first-order valence-electron chi connectivity index (χ1n) is 10.1. The van der Waals surface area contributed by atoms with Crippen LogP contribution in [0.15, 0.2) is 41.4 Å². The molecule has 0 atom stereocenters.